The normalized spacial score (nSPS) is 11.8. The summed E-state index contributed by atoms with van der Waals surface area (Å²) in [7, 11) is 0. The van der Waals surface area contributed by atoms with Crippen LogP contribution in [0.25, 0.3) is 11.3 Å². The predicted octanol–water partition coefficient (Wildman–Crippen LogP) is 2.67. The van der Waals surface area contributed by atoms with E-state index in [4.69, 9.17) is 15.6 Å². The second-order valence-corrected chi connectivity index (χ2v) is 6.23. The Morgan fingerprint density at radius 1 is 1.07 bits per heavy atom. The van der Waals surface area contributed by atoms with Crippen molar-refractivity contribution in [1.29, 1.82) is 0 Å². The van der Waals surface area contributed by atoms with Crippen LogP contribution < -0.4 is 10.5 Å². The van der Waals surface area contributed by atoms with Gasteiger partial charge < -0.3 is 20.7 Å². The molecule has 0 bridgehead atoms. The molecule has 1 aromatic heterocycles. The Balaban J connectivity index is 1.85. The summed E-state index contributed by atoms with van der Waals surface area (Å²) in [6.45, 7) is -0.390. The summed E-state index contributed by atoms with van der Waals surface area (Å²) in [5, 5.41) is 18.7. The van der Waals surface area contributed by atoms with Crippen molar-refractivity contribution in [2.24, 2.45) is 5.73 Å². The van der Waals surface area contributed by atoms with Crippen LogP contribution in [0.5, 0.6) is 11.5 Å². The van der Waals surface area contributed by atoms with Gasteiger partial charge in [-0.2, -0.15) is 0 Å². The third-order valence-electron chi connectivity index (χ3n) is 4.02. The van der Waals surface area contributed by atoms with Crippen LogP contribution in [0.15, 0.2) is 60.7 Å². The van der Waals surface area contributed by atoms with Gasteiger partial charge in [0, 0.05) is 12.0 Å². The van der Waals surface area contributed by atoms with Gasteiger partial charge in [-0.3, -0.25) is 4.79 Å². The van der Waals surface area contributed by atoms with E-state index in [2.05, 4.69) is 4.98 Å². The van der Waals surface area contributed by atoms with Crippen LogP contribution in [0.1, 0.15) is 16.1 Å². The molecule has 2 aromatic carbocycles. The Morgan fingerprint density at radius 2 is 1.68 bits per heavy atom. The number of amides is 1. The van der Waals surface area contributed by atoms with Gasteiger partial charge in [0.15, 0.2) is 0 Å². The van der Waals surface area contributed by atoms with Crippen molar-refractivity contribution in [1.82, 2.24) is 4.98 Å². The summed E-state index contributed by atoms with van der Waals surface area (Å²) < 4.78 is 18.6. The SMILES string of the molecule is NC(=O)c1cc(C[C@H](O)CO)cc(-c2ccc(Oc3ccc(F)cc3)cc2)n1. The first-order valence-electron chi connectivity index (χ1n) is 8.58. The maximum atomic E-state index is 13.0. The van der Waals surface area contributed by atoms with E-state index in [0.717, 1.165) is 0 Å². The van der Waals surface area contributed by atoms with Crippen LogP contribution in [0.2, 0.25) is 0 Å². The van der Waals surface area contributed by atoms with Crippen molar-refractivity contribution in [3.05, 3.63) is 77.7 Å². The lowest BCUT2D eigenvalue weighted by molar-refractivity contribution is 0.0952. The Morgan fingerprint density at radius 3 is 2.25 bits per heavy atom. The van der Waals surface area contributed by atoms with Crippen molar-refractivity contribution in [3.63, 3.8) is 0 Å². The van der Waals surface area contributed by atoms with Crippen molar-refractivity contribution in [2.75, 3.05) is 6.61 Å². The minimum absolute atomic E-state index is 0.0734. The minimum Gasteiger partial charge on any atom is -0.457 e. The van der Waals surface area contributed by atoms with E-state index in [0.29, 0.717) is 28.3 Å². The zero-order valence-corrected chi connectivity index (χ0v) is 14.9. The standard InChI is InChI=1S/C21H19FN2O4/c22-15-3-7-18(8-4-15)28-17-5-1-14(2-6-17)19-10-13(9-16(26)12-25)11-20(24-19)21(23)27/h1-8,10-11,16,25-26H,9,12H2,(H2,23,27)/t16-/m0/s1. The Labute approximate surface area is 161 Å². The number of carbonyl (C=O) groups is 1. The fraction of sp³-hybridized carbons (Fsp3) is 0.143. The molecule has 0 aliphatic heterocycles. The summed E-state index contributed by atoms with van der Waals surface area (Å²) >= 11 is 0. The van der Waals surface area contributed by atoms with Crippen molar-refractivity contribution in [2.45, 2.75) is 12.5 Å². The van der Waals surface area contributed by atoms with Gasteiger partial charge in [-0.25, -0.2) is 9.37 Å². The number of aromatic nitrogens is 1. The van der Waals surface area contributed by atoms with Gasteiger partial charge >= 0.3 is 0 Å². The summed E-state index contributed by atoms with van der Waals surface area (Å²) in [6.07, 6.45) is -0.777. The number of halogens is 1. The van der Waals surface area contributed by atoms with Crippen molar-refractivity contribution < 1.29 is 24.1 Å². The molecule has 0 saturated heterocycles. The van der Waals surface area contributed by atoms with E-state index >= 15 is 0 Å². The third kappa shape index (κ3) is 4.91. The Kier molecular flexibility index (Phi) is 5.98. The molecule has 0 radical (unpaired) electrons. The molecule has 0 aliphatic carbocycles. The van der Waals surface area contributed by atoms with Gasteiger partial charge in [0.1, 0.15) is 23.0 Å². The summed E-state index contributed by atoms with van der Waals surface area (Å²) in [5.74, 6) is 0.0312. The second-order valence-electron chi connectivity index (χ2n) is 6.23. The molecule has 0 fully saturated rings. The topological polar surface area (TPSA) is 106 Å². The number of ether oxygens (including phenoxy) is 1. The van der Waals surface area contributed by atoms with Gasteiger partial charge in [-0.05, 0) is 66.2 Å². The van der Waals surface area contributed by atoms with Crippen LogP contribution >= 0.6 is 0 Å². The fourth-order valence-corrected chi connectivity index (χ4v) is 2.65. The lowest BCUT2D eigenvalue weighted by atomic mass is 10.0. The molecule has 4 N–H and O–H groups in total. The number of aliphatic hydroxyl groups is 2. The van der Waals surface area contributed by atoms with Crippen LogP contribution in [-0.2, 0) is 6.42 Å². The molecule has 1 amide bonds. The molecule has 1 atom stereocenters. The number of nitrogens with zero attached hydrogens (tertiary/aromatic N) is 1. The molecular formula is C21H19FN2O4. The minimum atomic E-state index is -0.942. The first-order chi connectivity index (χ1) is 13.4. The highest BCUT2D eigenvalue weighted by atomic mass is 19.1. The van der Waals surface area contributed by atoms with E-state index in [1.165, 1.54) is 30.3 Å². The summed E-state index contributed by atoms with van der Waals surface area (Å²) in [6, 6.07) is 15.9. The number of primary amides is 1. The van der Waals surface area contributed by atoms with Crippen molar-refractivity contribution in [3.8, 4) is 22.8 Å². The van der Waals surface area contributed by atoms with Crippen molar-refractivity contribution >= 4 is 5.91 Å². The number of carbonyl (C=O) groups excluding carboxylic acids is 1. The van der Waals surface area contributed by atoms with Crippen LogP contribution in [0.4, 0.5) is 4.39 Å². The van der Waals surface area contributed by atoms with E-state index < -0.39 is 12.0 Å². The molecule has 1 heterocycles. The number of rotatable bonds is 7. The molecule has 144 valence electrons. The van der Waals surface area contributed by atoms with Crippen LogP contribution in [0.3, 0.4) is 0 Å². The highest BCUT2D eigenvalue weighted by molar-refractivity contribution is 5.91. The smallest absolute Gasteiger partial charge is 0.267 e. The first kappa shape index (κ1) is 19.5. The Bertz CT molecular complexity index is 959. The molecule has 3 rings (SSSR count). The van der Waals surface area contributed by atoms with E-state index in [9.17, 15) is 14.3 Å². The number of hydrogen-bond donors (Lipinski definition) is 3. The molecule has 7 heteroatoms. The zero-order valence-electron chi connectivity index (χ0n) is 14.9. The molecular weight excluding hydrogens is 363 g/mol. The highest BCUT2D eigenvalue weighted by Crippen LogP contribution is 2.26. The van der Waals surface area contributed by atoms with Gasteiger partial charge in [-0.1, -0.05) is 0 Å². The predicted molar refractivity (Wildman–Crippen MR) is 101 cm³/mol. The summed E-state index contributed by atoms with van der Waals surface area (Å²) in [5.41, 5.74) is 7.28. The molecule has 0 spiro atoms. The summed E-state index contributed by atoms with van der Waals surface area (Å²) in [4.78, 5) is 15.8. The molecule has 0 unspecified atom stereocenters. The molecule has 6 nitrogen and oxygen atoms in total. The number of hydrogen-bond acceptors (Lipinski definition) is 5. The Hall–Kier alpha value is -3.29. The van der Waals surface area contributed by atoms with E-state index in [1.807, 2.05) is 0 Å². The van der Waals surface area contributed by atoms with E-state index in [1.54, 1.807) is 30.3 Å². The number of nitrogens with two attached hydrogens (primary N) is 1. The number of benzene rings is 2. The molecule has 3 aromatic rings. The number of pyridine rings is 1. The molecule has 28 heavy (non-hydrogen) atoms. The maximum absolute atomic E-state index is 13.0. The fourth-order valence-electron chi connectivity index (χ4n) is 2.65. The first-order valence-corrected chi connectivity index (χ1v) is 8.58. The average Bonchev–Trinajstić information content (AvgIpc) is 2.70. The maximum Gasteiger partial charge on any atom is 0.267 e. The number of aliphatic hydroxyl groups excluding tert-OH is 2. The largest absolute Gasteiger partial charge is 0.457 e. The van der Waals surface area contributed by atoms with Gasteiger partial charge in [0.25, 0.3) is 5.91 Å². The van der Waals surface area contributed by atoms with Crippen LogP contribution in [-0.4, -0.2) is 33.8 Å². The van der Waals surface area contributed by atoms with Gasteiger partial charge in [0.05, 0.1) is 18.4 Å². The lowest BCUT2D eigenvalue weighted by Crippen LogP contribution is -2.18. The monoisotopic (exact) mass is 382 g/mol. The highest BCUT2D eigenvalue weighted by Gasteiger charge is 2.12. The second kappa shape index (κ2) is 8.60. The molecule has 0 saturated carbocycles. The van der Waals surface area contributed by atoms with Gasteiger partial charge in [0.2, 0.25) is 0 Å². The lowest BCUT2D eigenvalue weighted by Gasteiger charge is -2.11. The average molecular weight is 382 g/mol. The van der Waals surface area contributed by atoms with Crippen LogP contribution in [0, 0.1) is 5.82 Å². The third-order valence-corrected chi connectivity index (χ3v) is 4.02. The zero-order chi connectivity index (χ0) is 20.1. The van der Waals surface area contributed by atoms with E-state index in [-0.39, 0.29) is 24.5 Å². The van der Waals surface area contributed by atoms with Gasteiger partial charge in [-0.15, -0.1) is 0 Å². The molecule has 0 aliphatic rings. The quantitative estimate of drug-likeness (QED) is 0.583.